The van der Waals surface area contributed by atoms with Crippen molar-refractivity contribution in [3.63, 3.8) is 0 Å². The number of nitrogens with zero attached hydrogens (tertiary/aromatic N) is 2. The Balaban J connectivity index is 2.88. The van der Waals surface area contributed by atoms with Crippen LogP contribution in [0.3, 0.4) is 0 Å². The second-order valence-corrected chi connectivity index (χ2v) is 3.45. The van der Waals surface area contributed by atoms with Crippen LogP contribution >= 0.6 is 23.0 Å². The lowest BCUT2D eigenvalue weighted by molar-refractivity contribution is 0.213. The van der Waals surface area contributed by atoms with Gasteiger partial charge in [-0.3, -0.25) is 0 Å². The van der Waals surface area contributed by atoms with Gasteiger partial charge >= 0.3 is 0 Å². The van der Waals surface area contributed by atoms with Crippen LogP contribution in [0.15, 0.2) is 23.4 Å². The van der Waals surface area contributed by atoms with E-state index in [1.54, 1.807) is 23.0 Å². The molecule has 0 unspecified atom stereocenters. The maximum Gasteiger partial charge on any atom is 0.120 e. The van der Waals surface area contributed by atoms with Gasteiger partial charge in [0.2, 0.25) is 0 Å². The van der Waals surface area contributed by atoms with Crippen molar-refractivity contribution < 1.29 is 7.90 Å². The molecule has 4 nitrogen and oxygen atoms in total. The van der Waals surface area contributed by atoms with Gasteiger partial charge in [-0.15, -0.1) is 0 Å². The molecule has 0 aliphatic heterocycles. The Morgan fingerprint density at radius 1 is 1.56 bits per heavy atom. The lowest BCUT2D eigenvalue weighted by Gasteiger charge is -1.99. The fourth-order valence-electron chi connectivity index (χ4n) is 1.04. The Morgan fingerprint density at radius 2 is 2.38 bits per heavy atom. The van der Waals surface area contributed by atoms with Crippen molar-refractivity contribution in [3.8, 4) is 11.8 Å². The average molecular weight is 330 g/mol. The molecule has 0 atom stereocenters. The summed E-state index contributed by atoms with van der Waals surface area (Å²) in [6.45, 7) is 2.22. The van der Waals surface area contributed by atoms with E-state index in [4.69, 9.17) is 3.07 Å². The summed E-state index contributed by atoms with van der Waals surface area (Å²) < 4.78 is 4.80. The van der Waals surface area contributed by atoms with Gasteiger partial charge in [0.05, 0.1) is 5.69 Å². The summed E-state index contributed by atoms with van der Waals surface area (Å²) in [5, 5.41) is 3.81. The van der Waals surface area contributed by atoms with Crippen LogP contribution in [0.1, 0.15) is 18.3 Å². The van der Waals surface area contributed by atoms with Gasteiger partial charge in [-0.05, 0) is 25.0 Å². The van der Waals surface area contributed by atoms with E-state index in [-0.39, 0.29) is 0 Å². The van der Waals surface area contributed by atoms with E-state index in [0.717, 1.165) is 11.4 Å². The summed E-state index contributed by atoms with van der Waals surface area (Å²) in [6, 6.07) is 5.58. The molecule has 5 heteroatoms. The quantitative estimate of drug-likeness (QED) is 0.369. The first-order valence-corrected chi connectivity index (χ1v) is 5.43. The fraction of sp³-hybridized carbons (Fsp3) is 0.273. The van der Waals surface area contributed by atoms with Crippen LogP contribution in [0, 0.1) is 11.8 Å². The summed E-state index contributed by atoms with van der Waals surface area (Å²) in [4.78, 5) is 9.01. The molecule has 1 aromatic heterocycles. The molecule has 0 saturated carbocycles. The van der Waals surface area contributed by atoms with Crippen LogP contribution in [0.25, 0.3) is 0 Å². The lowest BCUT2D eigenvalue weighted by Crippen LogP contribution is -2.00. The van der Waals surface area contributed by atoms with Crippen molar-refractivity contribution >= 4 is 28.7 Å². The molecule has 0 aliphatic carbocycles. The number of rotatable bonds is 3. The molecule has 0 spiro atoms. The SMILES string of the molecule is CO/N=C(\C)c1cccc(C#CCOI)n1. The minimum atomic E-state index is 0.387. The molecule has 0 fully saturated rings. The summed E-state index contributed by atoms with van der Waals surface area (Å²) in [6.07, 6.45) is 0. The highest BCUT2D eigenvalue weighted by Gasteiger charge is 1.99. The van der Waals surface area contributed by atoms with Gasteiger partial charge < -0.3 is 7.90 Å². The van der Waals surface area contributed by atoms with Crippen LogP contribution < -0.4 is 0 Å². The monoisotopic (exact) mass is 330 g/mol. The highest BCUT2D eigenvalue weighted by atomic mass is 127. The standard InChI is InChI=1S/C11H11IN2O2/c1-9(14-15-2)11-7-3-5-10(13-11)6-4-8-16-12/h3,5,7H,8H2,1-2H3/b14-9+. The van der Waals surface area contributed by atoms with Gasteiger partial charge in [-0.2, -0.15) is 0 Å². The largest absolute Gasteiger partial charge is 0.399 e. The summed E-state index contributed by atoms with van der Waals surface area (Å²) >= 11 is 1.80. The van der Waals surface area contributed by atoms with Crippen molar-refractivity contribution in [1.29, 1.82) is 0 Å². The highest BCUT2D eigenvalue weighted by Crippen LogP contribution is 2.00. The van der Waals surface area contributed by atoms with E-state index < -0.39 is 0 Å². The topological polar surface area (TPSA) is 43.7 Å². The molecular weight excluding hydrogens is 319 g/mol. The van der Waals surface area contributed by atoms with Crippen LogP contribution in [0.5, 0.6) is 0 Å². The second-order valence-electron chi connectivity index (χ2n) is 2.82. The third-order valence-electron chi connectivity index (χ3n) is 1.69. The maximum absolute atomic E-state index is 4.80. The van der Waals surface area contributed by atoms with Gasteiger partial charge in [-0.25, -0.2) is 4.98 Å². The molecule has 16 heavy (non-hydrogen) atoms. The molecule has 1 heterocycles. The number of aromatic nitrogens is 1. The normalized spacial score (nSPS) is 10.6. The van der Waals surface area contributed by atoms with E-state index in [9.17, 15) is 0 Å². The Hall–Kier alpha value is -1.13. The first kappa shape index (κ1) is 12.9. The van der Waals surface area contributed by atoms with Crippen LogP contribution in [-0.2, 0) is 7.90 Å². The molecule has 0 aliphatic rings. The van der Waals surface area contributed by atoms with E-state index >= 15 is 0 Å². The Kier molecular flexibility index (Phi) is 5.82. The lowest BCUT2D eigenvalue weighted by atomic mass is 10.2. The predicted molar refractivity (Wildman–Crippen MR) is 70.3 cm³/mol. The second kappa shape index (κ2) is 7.19. The van der Waals surface area contributed by atoms with E-state index in [1.165, 1.54) is 7.11 Å². The third kappa shape index (κ3) is 4.16. The van der Waals surface area contributed by atoms with Crippen molar-refractivity contribution in [2.24, 2.45) is 5.16 Å². The zero-order chi connectivity index (χ0) is 11.8. The first-order chi connectivity index (χ1) is 7.77. The number of hydrogen-bond acceptors (Lipinski definition) is 4. The molecule has 0 bridgehead atoms. The van der Waals surface area contributed by atoms with Crippen LogP contribution in [0.2, 0.25) is 0 Å². The third-order valence-corrected chi connectivity index (χ3v) is 2.00. The summed E-state index contributed by atoms with van der Waals surface area (Å²) in [5.41, 5.74) is 2.16. The average Bonchev–Trinajstić information content (AvgIpc) is 2.30. The fourth-order valence-corrected chi connectivity index (χ4v) is 1.20. The minimum Gasteiger partial charge on any atom is -0.399 e. The number of pyridine rings is 1. The van der Waals surface area contributed by atoms with E-state index in [0.29, 0.717) is 12.3 Å². The van der Waals surface area contributed by atoms with E-state index in [1.807, 2.05) is 25.1 Å². The summed E-state index contributed by atoms with van der Waals surface area (Å²) in [5.74, 6) is 5.73. The van der Waals surface area contributed by atoms with Crippen molar-refractivity contribution in [2.45, 2.75) is 6.92 Å². The Labute approximate surface area is 109 Å². The molecular formula is C11H11IN2O2. The number of halogens is 1. The van der Waals surface area contributed by atoms with Gasteiger partial charge in [0, 0.05) is 0 Å². The molecule has 1 rings (SSSR count). The number of hydrogen-bond donors (Lipinski definition) is 0. The molecule has 1 aromatic rings. The molecule has 84 valence electrons. The predicted octanol–water partition coefficient (Wildman–Crippen LogP) is 2.17. The van der Waals surface area contributed by atoms with Crippen LogP contribution in [-0.4, -0.2) is 24.4 Å². The van der Waals surface area contributed by atoms with Crippen molar-refractivity contribution in [1.82, 2.24) is 4.98 Å². The zero-order valence-corrected chi connectivity index (χ0v) is 11.2. The smallest absolute Gasteiger partial charge is 0.120 e. The Bertz CT molecular complexity index is 435. The minimum absolute atomic E-state index is 0.387. The highest BCUT2D eigenvalue weighted by molar-refractivity contribution is 14.1. The molecule has 0 radical (unpaired) electrons. The number of oxime groups is 1. The zero-order valence-electron chi connectivity index (χ0n) is 9.03. The molecule has 0 saturated heterocycles. The molecule has 0 amide bonds. The van der Waals surface area contributed by atoms with Gasteiger partial charge in [0.25, 0.3) is 0 Å². The van der Waals surface area contributed by atoms with Gasteiger partial charge in [0.15, 0.2) is 0 Å². The maximum atomic E-state index is 4.80. The molecule has 0 N–H and O–H groups in total. The van der Waals surface area contributed by atoms with Crippen molar-refractivity contribution in [3.05, 3.63) is 29.6 Å². The first-order valence-electron chi connectivity index (χ1n) is 4.55. The van der Waals surface area contributed by atoms with Gasteiger partial charge in [-0.1, -0.05) is 17.1 Å². The Morgan fingerprint density at radius 3 is 3.06 bits per heavy atom. The summed E-state index contributed by atoms with van der Waals surface area (Å²) in [7, 11) is 1.50. The van der Waals surface area contributed by atoms with E-state index in [2.05, 4.69) is 26.8 Å². The van der Waals surface area contributed by atoms with Gasteiger partial charge in [0.1, 0.15) is 48.1 Å². The molecule has 0 aromatic carbocycles. The van der Waals surface area contributed by atoms with Crippen molar-refractivity contribution in [2.75, 3.05) is 13.7 Å². The van der Waals surface area contributed by atoms with Crippen LogP contribution in [0.4, 0.5) is 0 Å².